The number of ether oxygens (including phenoxy) is 1. The summed E-state index contributed by atoms with van der Waals surface area (Å²) in [5.74, 6) is -0.109. The Morgan fingerprint density at radius 3 is 1.48 bits per heavy atom. The van der Waals surface area contributed by atoms with E-state index >= 15 is 0 Å². The molecule has 0 aromatic heterocycles. The molecule has 1 atom stereocenters. The molecule has 0 aromatic carbocycles. The number of methoxy groups -OCH3 is 1. The number of carbonyl (C=O) groups excluding carboxylic acids is 1. The Kier molecular flexibility index (Phi) is 8.81. The third kappa shape index (κ3) is 4.12. The normalized spacial score (nSPS) is 18.8. The van der Waals surface area contributed by atoms with Crippen LogP contribution in [0.4, 0.5) is 0 Å². The molecule has 0 fully saturated rings. The molecule has 6 heteroatoms. The molecular weight excluding hydrogens is 392 g/mol. The van der Waals surface area contributed by atoms with Gasteiger partial charge in [0.05, 0.1) is 7.11 Å². The van der Waals surface area contributed by atoms with Crippen molar-refractivity contribution >= 4 is 27.6 Å². The zero-order valence-electron chi connectivity index (χ0n) is 21.5. The maximum atomic E-state index is 13.0. The molecule has 0 N–H and O–H groups in total. The Labute approximate surface area is 183 Å². The Morgan fingerprint density at radius 2 is 1.21 bits per heavy atom. The molecule has 1 aliphatic rings. The molecule has 0 saturated carbocycles. The predicted octanol–water partition coefficient (Wildman–Crippen LogP) is 6.98. The van der Waals surface area contributed by atoms with Crippen molar-refractivity contribution in [2.75, 3.05) is 7.11 Å². The summed E-state index contributed by atoms with van der Waals surface area (Å²) in [6.45, 7) is 28.3. The van der Waals surface area contributed by atoms with E-state index in [1.54, 1.807) is 0 Å². The van der Waals surface area contributed by atoms with Crippen LogP contribution in [0.15, 0.2) is 5.10 Å². The van der Waals surface area contributed by atoms with Crippen molar-refractivity contribution in [1.82, 2.24) is 4.67 Å². The van der Waals surface area contributed by atoms with Crippen LogP contribution in [-0.4, -0.2) is 45.4 Å². The Hall–Kier alpha value is -0.626. The first-order chi connectivity index (χ1) is 13.2. The number of carbonyl (C=O) groups is 1. The van der Waals surface area contributed by atoms with Gasteiger partial charge in [0.2, 0.25) is 0 Å². The summed E-state index contributed by atoms with van der Waals surface area (Å²) in [6, 6.07) is -0.253. The van der Waals surface area contributed by atoms with Crippen LogP contribution in [0.25, 0.3) is 0 Å². The minimum absolute atomic E-state index is 0.109. The van der Waals surface area contributed by atoms with E-state index in [0.717, 1.165) is 6.42 Å². The van der Waals surface area contributed by atoms with Gasteiger partial charge >= 0.3 is 5.97 Å². The van der Waals surface area contributed by atoms with Gasteiger partial charge in [-0.15, -0.1) is 0 Å². The van der Waals surface area contributed by atoms with Crippen molar-refractivity contribution in [2.24, 2.45) is 5.10 Å². The van der Waals surface area contributed by atoms with Crippen LogP contribution in [0, 0.1) is 0 Å². The zero-order chi connectivity index (χ0) is 22.9. The summed E-state index contributed by atoms with van der Waals surface area (Å²) in [6.07, 6.45) is 0.758. The molecule has 1 rings (SSSR count). The number of hydrogen-bond donors (Lipinski definition) is 0. The Morgan fingerprint density at radius 1 is 0.828 bits per heavy atom. The maximum absolute atomic E-state index is 13.0. The van der Waals surface area contributed by atoms with Crippen LogP contribution >= 0.6 is 0 Å². The van der Waals surface area contributed by atoms with Gasteiger partial charge in [-0.1, -0.05) is 83.1 Å². The fourth-order valence-electron chi connectivity index (χ4n) is 7.24. The minimum atomic E-state index is -2.09. The lowest BCUT2D eigenvalue weighted by Gasteiger charge is -2.50. The molecule has 0 aliphatic carbocycles. The summed E-state index contributed by atoms with van der Waals surface area (Å²) >= 11 is 0. The number of rotatable bonds is 9. The van der Waals surface area contributed by atoms with Crippen molar-refractivity contribution in [3.8, 4) is 0 Å². The topological polar surface area (TPSA) is 41.9 Å². The van der Waals surface area contributed by atoms with Crippen LogP contribution in [-0.2, 0) is 9.53 Å². The summed E-state index contributed by atoms with van der Waals surface area (Å²) < 4.78 is 7.68. The van der Waals surface area contributed by atoms with Crippen molar-refractivity contribution in [2.45, 2.75) is 129 Å². The Balaban J connectivity index is 3.81. The molecular formula is C23H48N2O2Si2. The SMILES string of the molecule is COC(=O)C1CC([Si](C(C)C)(C(C)C)C(C)C)=NN1[Si](C(C)C)(C(C)C)C(C)C. The van der Waals surface area contributed by atoms with Crippen LogP contribution < -0.4 is 0 Å². The van der Waals surface area contributed by atoms with E-state index in [0.29, 0.717) is 33.2 Å². The first-order valence-electron chi connectivity index (χ1n) is 11.7. The van der Waals surface area contributed by atoms with Gasteiger partial charge in [0.15, 0.2) is 8.24 Å². The number of hydrogen-bond acceptors (Lipinski definition) is 4. The van der Waals surface area contributed by atoms with Crippen molar-refractivity contribution in [3.63, 3.8) is 0 Å². The van der Waals surface area contributed by atoms with Gasteiger partial charge < -0.3 is 9.41 Å². The molecule has 0 radical (unpaired) electrons. The van der Waals surface area contributed by atoms with Gasteiger partial charge in [0.1, 0.15) is 14.1 Å². The van der Waals surface area contributed by atoms with Gasteiger partial charge in [-0.2, -0.15) is 5.10 Å². The smallest absolute Gasteiger partial charge is 0.329 e. The third-order valence-corrected chi connectivity index (χ3v) is 21.7. The second-order valence-electron chi connectivity index (χ2n) is 10.9. The molecule has 1 heterocycles. The highest BCUT2D eigenvalue weighted by atomic mass is 28.3. The van der Waals surface area contributed by atoms with Gasteiger partial charge in [0, 0.05) is 11.8 Å². The molecule has 170 valence electrons. The quantitative estimate of drug-likeness (QED) is 0.287. The number of hydrazone groups is 1. The first-order valence-corrected chi connectivity index (χ1v) is 16.1. The zero-order valence-corrected chi connectivity index (χ0v) is 23.5. The molecule has 0 bridgehead atoms. The monoisotopic (exact) mass is 440 g/mol. The molecule has 4 nitrogen and oxygen atoms in total. The molecule has 0 amide bonds. The van der Waals surface area contributed by atoms with Crippen LogP contribution in [0.1, 0.15) is 89.5 Å². The van der Waals surface area contributed by atoms with E-state index in [1.165, 1.54) is 12.4 Å². The van der Waals surface area contributed by atoms with Gasteiger partial charge in [-0.25, -0.2) is 4.79 Å². The minimum Gasteiger partial charge on any atom is -0.467 e. The third-order valence-electron chi connectivity index (χ3n) is 7.92. The largest absolute Gasteiger partial charge is 0.467 e. The molecule has 0 aromatic rings. The van der Waals surface area contributed by atoms with Gasteiger partial charge in [0.25, 0.3) is 0 Å². The van der Waals surface area contributed by atoms with E-state index < -0.39 is 16.3 Å². The molecule has 29 heavy (non-hydrogen) atoms. The summed E-state index contributed by atoms with van der Waals surface area (Å²) in [4.78, 5) is 13.0. The van der Waals surface area contributed by atoms with Crippen LogP contribution in [0.5, 0.6) is 0 Å². The fourth-order valence-corrected chi connectivity index (χ4v) is 20.8. The van der Waals surface area contributed by atoms with Gasteiger partial charge in [-0.3, -0.25) is 0 Å². The summed E-state index contributed by atoms with van der Waals surface area (Å²) in [5, 5.41) is 6.84. The van der Waals surface area contributed by atoms with E-state index in [4.69, 9.17) is 9.84 Å². The Bertz CT molecular complexity index is 554. The highest BCUT2D eigenvalue weighted by molar-refractivity contribution is 7.09. The van der Waals surface area contributed by atoms with Crippen LogP contribution in [0.3, 0.4) is 0 Å². The number of nitrogens with zero attached hydrogens (tertiary/aromatic N) is 2. The van der Waals surface area contributed by atoms with E-state index in [1.807, 2.05) is 0 Å². The van der Waals surface area contributed by atoms with Crippen molar-refractivity contribution in [1.29, 1.82) is 0 Å². The lowest BCUT2D eigenvalue weighted by atomic mass is 10.2. The van der Waals surface area contributed by atoms with Crippen molar-refractivity contribution in [3.05, 3.63) is 0 Å². The van der Waals surface area contributed by atoms with Crippen molar-refractivity contribution < 1.29 is 9.53 Å². The second-order valence-corrected chi connectivity index (χ2v) is 22.5. The fraction of sp³-hybridized carbons (Fsp3) is 0.913. The molecule has 0 saturated heterocycles. The highest BCUT2D eigenvalue weighted by Gasteiger charge is 2.58. The van der Waals surface area contributed by atoms with E-state index in [2.05, 4.69) is 87.8 Å². The maximum Gasteiger partial charge on any atom is 0.329 e. The molecule has 0 spiro atoms. The van der Waals surface area contributed by atoms with E-state index in [-0.39, 0.29) is 12.0 Å². The van der Waals surface area contributed by atoms with Crippen LogP contribution in [0.2, 0.25) is 33.2 Å². The summed E-state index contributed by atoms with van der Waals surface area (Å²) in [7, 11) is -2.46. The number of esters is 1. The van der Waals surface area contributed by atoms with E-state index in [9.17, 15) is 4.79 Å². The summed E-state index contributed by atoms with van der Waals surface area (Å²) in [5.41, 5.74) is 3.29. The van der Waals surface area contributed by atoms with Gasteiger partial charge in [-0.05, 0) is 33.2 Å². The predicted molar refractivity (Wildman–Crippen MR) is 132 cm³/mol. The second kappa shape index (κ2) is 9.67. The average Bonchev–Trinajstić information content (AvgIpc) is 2.98. The standard InChI is InChI=1S/C23H48N2O2Si2/c1-15(2)28(16(3)4,17(5)6)22-14-21(23(26)27-13)25(24-22)29(18(7)8,19(9)10)20(11)12/h15-21H,14H2,1-13H3. The lowest BCUT2D eigenvalue weighted by molar-refractivity contribution is -0.144. The lowest BCUT2D eigenvalue weighted by Crippen LogP contribution is -2.61. The molecule has 1 unspecified atom stereocenters. The first kappa shape index (κ1) is 26.4. The molecule has 1 aliphatic heterocycles. The average molecular weight is 441 g/mol. The highest BCUT2D eigenvalue weighted by Crippen LogP contribution is 2.50.